The van der Waals surface area contributed by atoms with Crippen molar-refractivity contribution in [2.75, 3.05) is 6.26 Å². The van der Waals surface area contributed by atoms with Crippen LogP contribution in [-0.2, 0) is 9.84 Å². The van der Waals surface area contributed by atoms with Gasteiger partial charge in [0.2, 0.25) is 0 Å². The van der Waals surface area contributed by atoms with E-state index in [-0.39, 0.29) is 0 Å². The lowest BCUT2D eigenvalue weighted by molar-refractivity contribution is 0.610. The molecule has 0 aliphatic rings. The first-order chi connectivity index (χ1) is 3.95. The molecule has 0 aliphatic heterocycles. The SMILES string of the molecule is C=C/C(C)=C\S(C)(=O)=O. The third kappa shape index (κ3) is 5.30. The number of hydrogen-bond acceptors (Lipinski definition) is 2. The number of hydrogen-bond donors (Lipinski definition) is 0. The van der Waals surface area contributed by atoms with E-state index < -0.39 is 9.84 Å². The van der Waals surface area contributed by atoms with Gasteiger partial charge < -0.3 is 0 Å². The minimum Gasteiger partial charge on any atom is -0.225 e. The van der Waals surface area contributed by atoms with Gasteiger partial charge in [-0.05, 0) is 12.5 Å². The molecule has 9 heavy (non-hydrogen) atoms. The maximum atomic E-state index is 10.5. The van der Waals surface area contributed by atoms with E-state index in [0.717, 1.165) is 6.26 Å². The fraction of sp³-hybridized carbons (Fsp3) is 0.333. The van der Waals surface area contributed by atoms with E-state index in [1.54, 1.807) is 6.92 Å². The van der Waals surface area contributed by atoms with Gasteiger partial charge in [0.1, 0.15) is 0 Å². The molecule has 0 amide bonds. The molecule has 0 aromatic heterocycles. The van der Waals surface area contributed by atoms with Crippen molar-refractivity contribution in [3.8, 4) is 0 Å². The van der Waals surface area contributed by atoms with Gasteiger partial charge in [-0.25, -0.2) is 8.42 Å². The Kier molecular flexibility index (Phi) is 2.65. The minimum atomic E-state index is -2.97. The Morgan fingerprint density at radius 2 is 2.00 bits per heavy atom. The van der Waals surface area contributed by atoms with Crippen LogP contribution in [-0.4, -0.2) is 14.7 Å². The molecule has 0 spiro atoms. The predicted molar refractivity (Wildman–Crippen MR) is 38.8 cm³/mol. The monoisotopic (exact) mass is 146 g/mol. The van der Waals surface area contributed by atoms with Crippen LogP contribution >= 0.6 is 0 Å². The Morgan fingerprint density at radius 3 is 2.11 bits per heavy atom. The van der Waals surface area contributed by atoms with Crippen LogP contribution in [0.3, 0.4) is 0 Å². The van der Waals surface area contributed by atoms with Crippen LogP contribution in [0.1, 0.15) is 6.92 Å². The predicted octanol–water partition coefficient (Wildman–Crippen LogP) is 1.12. The van der Waals surface area contributed by atoms with Crippen molar-refractivity contribution in [1.29, 1.82) is 0 Å². The summed E-state index contributed by atoms with van der Waals surface area (Å²) >= 11 is 0. The van der Waals surface area contributed by atoms with Gasteiger partial charge in [0.05, 0.1) is 0 Å². The summed E-state index contributed by atoms with van der Waals surface area (Å²) in [5.41, 5.74) is 0.664. The van der Waals surface area contributed by atoms with Crippen LogP contribution in [0.25, 0.3) is 0 Å². The molecule has 0 N–H and O–H groups in total. The molecule has 0 unspecified atom stereocenters. The summed E-state index contributed by atoms with van der Waals surface area (Å²) < 4.78 is 21.0. The van der Waals surface area contributed by atoms with Crippen molar-refractivity contribution in [1.82, 2.24) is 0 Å². The fourth-order valence-electron chi connectivity index (χ4n) is 0.386. The molecule has 0 heterocycles. The van der Waals surface area contributed by atoms with Crippen LogP contribution in [0.15, 0.2) is 23.6 Å². The molecule has 0 aromatic rings. The summed E-state index contributed by atoms with van der Waals surface area (Å²) in [6, 6.07) is 0. The molecule has 0 rings (SSSR count). The molecular weight excluding hydrogens is 136 g/mol. The van der Waals surface area contributed by atoms with E-state index in [0.29, 0.717) is 5.57 Å². The Balaban J connectivity index is 4.51. The van der Waals surface area contributed by atoms with Crippen molar-refractivity contribution >= 4 is 9.84 Å². The van der Waals surface area contributed by atoms with Crippen LogP contribution < -0.4 is 0 Å². The molecule has 0 bridgehead atoms. The number of allylic oxidation sites excluding steroid dienone is 2. The fourth-order valence-corrected chi connectivity index (χ4v) is 1.16. The topological polar surface area (TPSA) is 34.1 Å². The van der Waals surface area contributed by atoms with Crippen molar-refractivity contribution in [2.24, 2.45) is 0 Å². The molecule has 52 valence electrons. The highest BCUT2D eigenvalue weighted by atomic mass is 32.2. The quantitative estimate of drug-likeness (QED) is 0.547. The summed E-state index contributed by atoms with van der Waals surface area (Å²) in [6.07, 6.45) is 2.65. The molecule has 0 aliphatic carbocycles. The van der Waals surface area contributed by atoms with E-state index in [9.17, 15) is 8.42 Å². The molecule has 0 saturated heterocycles. The summed E-state index contributed by atoms with van der Waals surface area (Å²) in [5, 5.41) is 1.18. The summed E-state index contributed by atoms with van der Waals surface area (Å²) in [4.78, 5) is 0. The largest absolute Gasteiger partial charge is 0.225 e. The summed E-state index contributed by atoms with van der Waals surface area (Å²) in [6.45, 7) is 5.10. The molecule has 3 heteroatoms. The standard InChI is InChI=1S/C6H10O2S/c1-4-6(2)5-9(3,7)8/h4-5H,1H2,2-3H3/b6-5-. The lowest BCUT2D eigenvalue weighted by Gasteiger charge is -1.87. The first kappa shape index (κ1) is 8.43. The molecular formula is C6H10O2S. The van der Waals surface area contributed by atoms with Crippen molar-refractivity contribution < 1.29 is 8.42 Å². The molecule has 2 nitrogen and oxygen atoms in total. The molecule has 0 saturated carbocycles. The Labute approximate surface area is 55.8 Å². The van der Waals surface area contributed by atoms with Gasteiger partial charge in [-0.15, -0.1) is 0 Å². The van der Waals surface area contributed by atoms with Crippen molar-refractivity contribution in [3.05, 3.63) is 23.6 Å². The van der Waals surface area contributed by atoms with Crippen LogP contribution in [0.2, 0.25) is 0 Å². The second-order valence-electron chi connectivity index (χ2n) is 1.90. The Bertz CT molecular complexity index is 221. The normalized spacial score (nSPS) is 13.3. The average Bonchev–Trinajstić information content (AvgIpc) is 1.62. The molecule has 0 aromatic carbocycles. The average molecular weight is 146 g/mol. The Morgan fingerprint density at radius 1 is 1.56 bits per heavy atom. The highest BCUT2D eigenvalue weighted by Gasteiger charge is 1.93. The minimum absolute atomic E-state index is 0.664. The molecule has 0 fully saturated rings. The molecule has 0 atom stereocenters. The first-order valence-corrected chi connectivity index (χ1v) is 4.42. The lowest BCUT2D eigenvalue weighted by Crippen LogP contribution is -1.89. The zero-order valence-electron chi connectivity index (χ0n) is 5.59. The number of rotatable bonds is 2. The van der Waals surface area contributed by atoms with E-state index in [2.05, 4.69) is 6.58 Å². The van der Waals surface area contributed by atoms with Gasteiger partial charge in [0.25, 0.3) is 0 Å². The van der Waals surface area contributed by atoms with Gasteiger partial charge in [-0.1, -0.05) is 12.7 Å². The lowest BCUT2D eigenvalue weighted by atomic mass is 10.4. The zero-order chi connectivity index (χ0) is 7.49. The third-order valence-corrected chi connectivity index (χ3v) is 1.52. The number of sulfone groups is 1. The van der Waals surface area contributed by atoms with Crippen LogP contribution in [0.5, 0.6) is 0 Å². The van der Waals surface area contributed by atoms with Crippen LogP contribution in [0.4, 0.5) is 0 Å². The van der Waals surface area contributed by atoms with Gasteiger partial charge in [0.15, 0.2) is 9.84 Å². The Hall–Kier alpha value is -0.570. The third-order valence-electron chi connectivity index (χ3n) is 0.722. The maximum Gasteiger partial charge on any atom is 0.169 e. The second-order valence-corrected chi connectivity index (χ2v) is 3.79. The maximum absolute atomic E-state index is 10.5. The van der Waals surface area contributed by atoms with Crippen LogP contribution in [0, 0.1) is 0 Å². The molecule has 0 radical (unpaired) electrons. The zero-order valence-corrected chi connectivity index (χ0v) is 6.40. The van der Waals surface area contributed by atoms with Gasteiger partial charge in [0, 0.05) is 11.7 Å². The van der Waals surface area contributed by atoms with E-state index in [1.165, 1.54) is 11.5 Å². The van der Waals surface area contributed by atoms with Gasteiger partial charge in [-0.3, -0.25) is 0 Å². The van der Waals surface area contributed by atoms with Crippen molar-refractivity contribution in [2.45, 2.75) is 6.92 Å². The van der Waals surface area contributed by atoms with Gasteiger partial charge in [-0.2, -0.15) is 0 Å². The highest BCUT2D eigenvalue weighted by Crippen LogP contribution is 1.96. The summed E-state index contributed by atoms with van der Waals surface area (Å²) in [7, 11) is -2.97. The first-order valence-electron chi connectivity index (χ1n) is 2.46. The van der Waals surface area contributed by atoms with Gasteiger partial charge >= 0.3 is 0 Å². The highest BCUT2D eigenvalue weighted by molar-refractivity contribution is 7.93. The second kappa shape index (κ2) is 2.82. The van der Waals surface area contributed by atoms with E-state index in [4.69, 9.17) is 0 Å². The van der Waals surface area contributed by atoms with E-state index >= 15 is 0 Å². The van der Waals surface area contributed by atoms with Crippen molar-refractivity contribution in [3.63, 3.8) is 0 Å². The van der Waals surface area contributed by atoms with E-state index in [1.807, 2.05) is 0 Å². The smallest absolute Gasteiger partial charge is 0.169 e. The summed E-state index contributed by atoms with van der Waals surface area (Å²) in [5.74, 6) is 0.